The van der Waals surface area contributed by atoms with Gasteiger partial charge in [-0.25, -0.2) is 26.0 Å². The van der Waals surface area contributed by atoms with Gasteiger partial charge in [0.15, 0.2) is 0 Å². The van der Waals surface area contributed by atoms with Gasteiger partial charge in [0, 0.05) is 6.42 Å². The molecule has 0 atom stereocenters. The zero-order chi connectivity index (χ0) is 24.8. The van der Waals surface area contributed by atoms with Gasteiger partial charge in [0.2, 0.25) is 19.7 Å². The van der Waals surface area contributed by atoms with Gasteiger partial charge < -0.3 is 4.74 Å². The highest BCUT2D eigenvalue weighted by atomic mass is 32.3. The molecule has 0 aliphatic carbocycles. The van der Waals surface area contributed by atoms with E-state index in [9.17, 15) is 21.6 Å². The van der Waals surface area contributed by atoms with Gasteiger partial charge >= 0.3 is 10.3 Å². The highest BCUT2D eigenvalue weighted by Gasteiger charge is 2.56. The second kappa shape index (κ2) is 10.5. The minimum atomic E-state index is -4.92. The fourth-order valence-electron chi connectivity index (χ4n) is 3.34. The van der Waals surface area contributed by atoms with E-state index in [0.717, 1.165) is 29.8 Å². The van der Waals surface area contributed by atoms with Crippen molar-refractivity contribution in [1.29, 1.82) is 0 Å². The molecule has 3 aromatic carbocycles. The predicted molar refractivity (Wildman–Crippen MR) is 126 cm³/mol. The van der Waals surface area contributed by atoms with Crippen LogP contribution in [0.5, 0.6) is 0 Å². The molecule has 0 saturated heterocycles. The maximum absolute atomic E-state index is 16.3. The quantitative estimate of drug-likeness (QED) is 0.288. The van der Waals surface area contributed by atoms with Crippen LogP contribution >= 0.6 is 0 Å². The van der Waals surface area contributed by atoms with Gasteiger partial charge in [-0.05, 0) is 56.2 Å². The first-order chi connectivity index (χ1) is 16.1. The molecule has 0 spiro atoms. The molecular weight excluding hydrogens is 479 g/mol. The Labute approximate surface area is 199 Å². The van der Waals surface area contributed by atoms with E-state index in [1.165, 1.54) is 24.3 Å². The third-order valence-electron chi connectivity index (χ3n) is 5.30. The summed E-state index contributed by atoms with van der Waals surface area (Å²) in [5.74, 6) is -0.569. The van der Waals surface area contributed by atoms with Gasteiger partial charge in [-0.2, -0.15) is 0 Å². The van der Waals surface area contributed by atoms with Crippen molar-refractivity contribution >= 4 is 25.6 Å². The number of benzene rings is 3. The fraction of sp³-hybridized carbons (Fsp3) is 0.240. The minimum Gasteiger partial charge on any atom is -0.462 e. The van der Waals surface area contributed by atoms with Gasteiger partial charge in [-0.1, -0.05) is 54.1 Å². The Bertz CT molecular complexity index is 1250. The van der Waals surface area contributed by atoms with Crippen molar-refractivity contribution < 1.29 is 30.8 Å². The Morgan fingerprint density at radius 2 is 1.24 bits per heavy atom. The molecule has 3 rings (SSSR count). The van der Waals surface area contributed by atoms with Crippen LogP contribution in [0.3, 0.4) is 0 Å². The predicted octanol–water partition coefficient (Wildman–Crippen LogP) is 4.89. The first kappa shape index (κ1) is 25.6. The number of ether oxygens (including phenoxy) is 1. The van der Waals surface area contributed by atoms with Crippen molar-refractivity contribution in [3.8, 4) is 0 Å². The maximum atomic E-state index is 16.3. The highest BCUT2D eigenvalue weighted by Crippen LogP contribution is 2.40. The number of carbonyl (C=O) groups excluding carboxylic acids is 1. The number of hydrogen-bond donors (Lipinski definition) is 0. The topological polar surface area (TPSA) is 94.6 Å². The van der Waals surface area contributed by atoms with Crippen LogP contribution in [0.25, 0.3) is 0 Å². The first-order valence-electron chi connectivity index (χ1n) is 10.6. The number of alkyl halides is 1. The van der Waals surface area contributed by atoms with E-state index in [2.05, 4.69) is 0 Å². The van der Waals surface area contributed by atoms with E-state index in [0.29, 0.717) is 5.56 Å². The lowest BCUT2D eigenvalue weighted by Gasteiger charge is -2.25. The third kappa shape index (κ3) is 5.20. The molecule has 3 aromatic rings. The van der Waals surface area contributed by atoms with Crippen LogP contribution in [0.2, 0.25) is 0 Å². The molecule has 0 radical (unpaired) electrons. The van der Waals surface area contributed by atoms with E-state index >= 15 is 4.39 Å². The second-order valence-corrected chi connectivity index (χ2v) is 12.3. The van der Waals surface area contributed by atoms with Gasteiger partial charge in [0.25, 0.3) is 0 Å². The average molecular weight is 505 g/mol. The molecule has 34 heavy (non-hydrogen) atoms. The SMILES string of the molecule is Cc1ccc(C(=O)OCCCCC(F)(S(=O)(=O)c2ccccc2)S(=O)(=O)c2ccccc2)cc1. The first-order valence-corrected chi connectivity index (χ1v) is 13.6. The normalized spacial score (nSPS) is 12.3. The third-order valence-corrected chi connectivity index (χ3v) is 10.4. The van der Waals surface area contributed by atoms with Crippen molar-refractivity contribution in [3.63, 3.8) is 0 Å². The zero-order valence-electron chi connectivity index (χ0n) is 18.6. The summed E-state index contributed by atoms with van der Waals surface area (Å²) in [7, 11) is -9.84. The Hall–Kier alpha value is -3.04. The smallest absolute Gasteiger partial charge is 0.338 e. The van der Waals surface area contributed by atoms with E-state index in [-0.39, 0.29) is 19.4 Å². The maximum Gasteiger partial charge on any atom is 0.338 e. The van der Waals surface area contributed by atoms with Crippen molar-refractivity contribution in [2.24, 2.45) is 0 Å². The monoisotopic (exact) mass is 504 g/mol. The Kier molecular flexibility index (Phi) is 7.89. The van der Waals surface area contributed by atoms with Crippen LogP contribution in [0.15, 0.2) is 94.7 Å². The van der Waals surface area contributed by atoms with E-state index < -0.39 is 46.2 Å². The summed E-state index contributed by atoms with van der Waals surface area (Å²) >= 11 is 0. The summed E-state index contributed by atoms with van der Waals surface area (Å²) < 4.78 is 70.8. The molecule has 0 heterocycles. The van der Waals surface area contributed by atoms with Gasteiger partial charge in [0.1, 0.15) is 0 Å². The standard InChI is InChI=1S/C25H25FO6S2/c1-20-14-16-21(17-15-20)24(27)32-19-9-8-18-25(26,33(28,29)22-10-4-2-5-11-22)34(30,31)23-12-6-3-7-13-23/h2-7,10-17H,8-9,18-19H2,1H3. The summed E-state index contributed by atoms with van der Waals surface area (Å²) in [6, 6.07) is 20.1. The molecule has 0 saturated carbocycles. The Morgan fingerprint density at radius 3 is 1.71 bits per heavy atom. The number of hydrogen-bond acceptors (Lipinski definition) is 6. The number of carbonyl (C=O) groups is 1. The summed E-state index contributed by atoms with van der Waals surface area (Å²) in [6.07, 6.45) is -0.878. The highest BCUT2D eigenvalue weighted by molar-refractivity contribution is 8.10. The Morgan fingerprint density at radius 1 is 0.765 bits per heavy atom. The summed E-state index contributed by atoms with van der Waals surface area (Å²) in [4.78, 5) is 11.3. The summed E-state index contributed by atoms with van der Waals surface area (Å²) in [5.41, 5.74) is 1.33. The van der Waals surface area contributed by atoms with E-state index in [1.54, 1.807) is 36.4 Å². The van der Waals surface area contributed by atoms with Crippen LogP contribution in [-0.4, -0.2) is 33.7 Å². The minimum absolute atomic E-state index is 0.0812. The second-order valence-electron chi connectivity index (χ2n) is 7.75. The number of rotatable bonds is 10. The van der Waals surface area contributed by atoms with E-state index in [1.807, 2.05) is 6.92 Å². The molecule has 0 aliphatic heterocycles. The lowest BCUT2D eigenvalue weighted by molar-refractivity contribution is 0.0496. The molecule has 0 unspecified atom stereocenters. The van der Waals surface area contributed by atoms with Crippen LogP contribution < -0.4 is 0 Å². The fourth-order valence-corrected chi connectivity index (χ4v) is 7.63. The average Bonchev–Trinajstić information content (AvgIpc) is 2.84. The number of halogens is 1. The lowest BCUT2D eigenvalue weighted by Crippen LogP contribution is -2.42. The molecule has 0 amide bonds. The van der Waals surface area contributed by atoms with Crippen LogP contribution in [0, 0.1) is 6.92 Å². The molecule has 6 nitrogen and oxygen atoms in total. The summed E-state index contributed by atoms with van der Waals surface area (Å²) in [6.45, 7) is 1.77. The molecule has 9 heteroatoms. The van der Waals surface area contributed by atoms with Crippen molar-refractivity contribution in [3.05, 3.63) is 96.1 Å². The van der Waals surface area contributed by atoms with Crippen LogP contribution in [-0.2, 0) is 24.4 Å². The van der Waals surface area contributed by atoms with Crippen molar-refractivity contribution in [1.82, 2.24) is 0 Å². The van der Waals surface area contributed by atoms with Crippen molar-refractivity contribution in [2.45, 2.75) is 40.3 Å². The molecule has 0 N–H and O–H groups in total. The largest absolute Gasteiger partial charge is 0.462 e. The number of esters is 1. The van der Waals surface area contributed by atoms with Gasteiger partial charge in [0.05, 0.1) is 22.0 Å². The van der Waals surface area contributed by atoms with Gasteiger partial charge in [-0.3, -0.25) is 0 Å². The molecule has 0 aromatic heterocycles. The molecule has 0 aliphatic rings. The van der Waals surface area contributed by atoms with Crippen LogP contribution in [0.4, 0.5) is 4.39 Å². The van der Waals surface area contributed by atoms with Crippen molar-refractivity contribution in [2.75, 3.05) is 6.61 Å². The lowest BCUT2D eigenvalue weighted by atomic mass is 10.1. The summed E-state index contributed by atoms with van der Waals surface area (Å²) in [5, 5.41) is 0. The Balaban J connectivity index is 1.78. The van der Waals surface area contributed by atoms with E-state index in [4.69, 9.17) is 4.74 Å². The number of sulfone groups is 2. The molecule has 180 valence electrons. The molecule has 0 bridgehead atoms. The number of aryl methyl sites for hydroxylation is 1. The van der Waals surface area contributed by atoms with Crippen LogP contribution in [0.1, 0.15) is 35.2 Å². The number of unbranched alkanes of at least 4 members (excludes halogenated alkanes) is 1. The van der Waals surface area contributed by atoms with Gasteiger partial charge in [-0.15, -0.1) is 0 Å². The zero-order valence-corrected chi connectivity index (χ0v) is 20.2. The molecular formula is C25H25FO6S2. The molecule has 0 fully saturated rings.